The average molecular weight is 1510 g/mol. The number of methoxy groups -OCH3 is 1. The monoisotopic (exact) mass is 1510 g/mol. The van der Waals surface area contributed by atoms with Gasteiger partial charge in [0.1, 0.15) is 63.6 Å². The summed E-state index contributed by atoms with van der Waals surface area (Å²) in [7, 11) is 1.17. The number of rotatable bonds is 36. The molecule has 0 bridgehead atoms. The largest absolute Gasteiger partial charge is 0.469 e. The normalized spacial score (nSPS) is 15.7. The third-order valence-corrected chi connectivity index (χ3v) is 19.4. The number of aromatic nitrogens is 2. The van der Waals surface area contributed by atoms with Crippen LogP contribution in [0.1, 0.15) is 128 Å². The van der Waals surface area contributed by atoms with Gasteiger partial charge < -0.3 is 96.4 Å². The maximum atomic E-state index is 15.4. The summed E-state index contributed by atoms with van der Waals surface area (Å²) < 4.78 is 54.3. The van der Waals surface area contributed by atoms with Gasteiger partial charge >= 0.3 is 30.2 Å². The molecule has 2 aliphatic heterocycles. The first kappa shape index (κ1) is 80.1. The minimum absolute atomic E-state index is 0.0186. The van der Waals surface area contributed by atoms with E-state index in [0.29, 0.717) is 62.9 Å². The van der Waals surface area contributed by atoms with Crippen molar-refractivity contribution in [1.82, 2.24) is 52.1 Å². The quantitative estimate of drug-likeness (QED) is 0.0114. The van der Waals surface area contributed by atoms with Gasteiger partial charge in [-0.05, 0) is 114 Å². The van der Waals surface area contributed by atoms with Crippen LogP contribution in [0.15, 0.2) is 89.7 Å². The predicted molar refractivity (Wildman–Crippen MR) is 389 cm³/mol. The Labute approximate surface area is 625 Å². The molecule has 0 fully saturated rings. The number of esters is 2. The van der Waals surface area contributed by atoms with Crippen molar-refractivity contribution in [2.45, 2.75) is 135 Å². The highest BCUT2D eigenvalue weighted by Crippen LogP contribution is 2.47. The van der Waals surface area contributed by atoms with Crippen LogP contribution in [0.25, 0.3) is 33.4 Å². The molecular formula is C76H89FN12O20. The maximum absolute atomic E-state index is 15.4. The Hall–Kier alpha value is -11.4. The number of urea groups is 1. The summed E-state index contributed by atoms with van der Waals surface area (Å²) in [5.41, 5.74) is 11.4. The lowest BCUT2D eigenvalue weighted by Gasteiger charge is -2.31. The zero-order chi connectivity index (χ0) is 78.1. The van der Waals surface area contributed by atoms with Crippen LogP contribution < -0.4 is 59.1 Å². The molecule has 0 saturated heterocycles. The van der Waals surface area contributed by atoms with Gasteiger partial charge in [-0.1, -0.05) is 81.4 Å². The number of aryl methyl sites for hydroxylation is 1. The molecule has 4 aromatic carbocycles. The molecule has 33 heteroatoms. The number of alkyl carbamates (subject to hydrolysis) is 2. The van der Waals surface area contributed by atoms with Crippen molar-refractivity contribution in [1.29, 1.82) is 0 Å². The zero-order valence-corrected chi connectivity index (χ0v) is 60.9. The van der Waals surface area contributed by atoms with E-state index in [2.05, 4.69) is 60.0 Å². The number of primary amides is 1. The summed E-state index contributed by atoms with van der Waals surface area (Å²) in [6, 6.07) is 19.7. The fraction of sp³-hybridized carbons (Fsp3) is 0.434. The number of halogens is 1. The number of ether oxygens (including phenoxy) is 7. The van der Waals surface area contributed by atoms with Gasteiger partial charge in [0.15, 0.2) is 5.60 Å². The summed E-state index contributed by atoms with van der Waals surface area (Å²) in [5.74, 6) is -6.81. The highest BCUT2D eigenvalue weighted by molar-refractivity contribution is 5.99. The zero-order valence-electron chi connectivity index (χ0n) is 60.9. The smallest absolute Gasteiger partial charge is 0.407 e. The Bertz CT molecular complexity index is 4470. The van der Waals surface area contributed by atoms with E-state index in [1.165, 1.54) is 42.0 Å². The second-order valence-electron chi connectivity index (χ2n) is 26.9. The molecule has 32 nitrogen and oxygen atoms in total. The van der Waals surface area contributed by atoms with Gasteiger partial charge in [0.2, 0.25) is 35.4 Å². The molecular weight excluding hydrogens is 1420 g/mol. The highest BCUT2D eigenvalue weighted by Gasteiger charge is 2.46. The first-order chi connectivity index (χ1) is 52.4. The number of nitrogens with zero attached hydrogens (tertiary/aromatic N) is 2. The molecule has 0 spiro atoms. The summed E-state index contributed by atoms with van der Waals surface area (Å²) in [5, 5.41) is 35.6. The number of amides is 10. The van der Waals surface area contributed by atoms with E-state index in [0.717, 1.165) is 22.3 Å². The molecule has 2 aliphatic carbocycles. The molecule has 12 N–H and O–H groups in total. The van der Waals surface area contributed by atoms with E-state index in [9.17, 15) is 62.6 Å². The number of carbonyl (C=O) groups is 11. The summed E-state index contributed by atoms with van der Waals surface area (Å²) >= 11 is 0. The number of nitrogens with one attached hydrogen (secondary N) is 9. The lowest BCUT2D eigenvalue weighted by atomic mass is 9.81. The van der Waals surface area contributed by atoms with Crippen LogP contribution in [0.4, 0.5) is 24.5 Å². The van der Waals surface area contributed by atoms with Gasteiger partial charge in [0, 0.05) is 60.1 Å². The second kappa shape index (κ2) is 36.9. The third kappa shape index (κ3) is 19.7. The van der Waals surface area contributed by atoms with Gasteiger partial charge in [0.05, 0.1) is 68.6 Å². The van der Waals surface area contributed by atoms with Gasteiger partial charge in [-0.15, -0.1) is 0 Å². The SMILES string of the molecule is CC[C@@]1(O)C(=O)OCc2c1cc1n(c2=O)Cc2c-1nc1cc(F)c(C)c3c1c2[C@@H](NC(=O)COCNC(=O)CNC(=O)OCc1ccc(NC(=O)[C@H](CCCNC(N)=O)NC(=O)[C@@H](NC(=O)[C@@H](CCC(=O)OC)NC(=O)CCOCCOCCNC(=O)OCC2c4ccccc4-c4ccccc42)C(C)C)cc1)CC3. The number of hydrogen-bond donors (Lipinski definition) is 11. The van der Waals surface area contributed by atoms with Crippen LogP contribution in [-0.4, -0.2) is 171 Å². The summed E-state index contributed by atoms with van der Waals surface area (Å²) in [4.78, 5) is 162. The van der Waals surface area contributed by atoms with Crippen molar-refractivity contribution in [3.63, 3.8) is 0 Å². The number of hydrogen-bond acceptors (Lipinski definition) is 21. The van der Waals surface area contributed by atoms with Crippen molar-refractivity contribution in [3.8, 4) is 22.5 Å². The van der Waals surface area contributed by atoms with Crippen LogP contribution >= 0.6 is 0 Å². The minimum Gasteiger partial charge on any atom is -0.469 e. The van der Waals surface area contributed by atoms with Gasteiger partial charge in [-0.3, -0.25) is 38.4 Å². The molecule has 0 saturated carbocycles. The molecule has 10 rings (SSSR count). The minimum atomic E-state index is -2.07. The van der Waals surface area contributed by atoms with Gasteiger partial charge in [-0.25, -0.2) is 28.6 Å². The van der Waals surface area contributed by atoms with E-state index in [4.69, 9.17) is 43.9 Å². The lowest BCUT2D eigenvalue weighted by Crippen LogP contribution is -2.58. The first-order valence-electron chi connectivity index (χ1n) is 35.9. The maximum Gasteiger partial charge on any atom is 0.407 e. The van der Waals surface area contributed by atoms with Crippen molar-refractivity contribution in [2.24, 2.45) is 11.7 Å². The fourth-order valence-corrected chi connectivity index (χ4v) is 13.6. The van der Waals surface area contributed by atoms with Crippen LogP contribution in [0.5, 0.6) is 0 Å². The van der Waals surface area contributed by atoms with Crippen LogP contribution in [-0.2, 0) is 103 Å². The predicted octanol–water partition coefficient (Wildman–Crippen LogP) is 4.06. The first-order valence-corrected chi connectivity index (χ1v) is 35.9. The molecule has 580 valence electrons. The molecule has 4 aliphatic rings. The van der Waals surface area contributed by atoms with E-state index in [-0.39, 0.29) is 127 Å². The number of carbonyl (C=O) groups excluding carboxylic acids is 11. The Kier molecular flexibility index (Phi) is 27.1. The van der Waals surface area contributed by atoms with Gasteiger partial charge in [0.25, 0.3) is 5.56 Å². The molecule has 4 heterocycles. The number of aliphatic hydroxyl groups is 1. The highest BCUT2D eigenvalue weighted by atomic mass is 19.1. The lowest BCUT2D eigenvalue weighted by molar-refractivity contribution is -0.172. The molecule has 2 aromatic heterocycles. The van der Waals surface area contributed by atoms with E-state index in [1.807, 2.05) is 36.4 Å². The van der Waals surface area contributed by atoms with Crippen molar-refractivity contribution in [3.05, 3.63) is 151 Å². The topological polar surface area (TPSA) is 442 Å². The Balaban J connectivity index is 0.633. The number of cyclic esters (lactones) is 1. The fourth-order valence-electron chi connectivity index (χ4n) is 13.6. The van der Waals surface area contributed by atoms with Crippen molar-refractivity contribution >= 4 is 82.2 Å². The number of pyridine rings is 2. The molecule has 109 heavy (non-hydrogen) atoms. The van der Waals surface area contributed by atoms with E-state index >= 15 is 4.39 Å². The Morgan fingerprint density at radius 3 is 2.14 bits per heavy atom. The molecule has 0 radical (unpaired) electrons. The van der Waals surface area contributed by atoms with Crippen LogP contribution in [0, 0.1) is 18.7 Å². The van der Waals surface area contributed by atoms with Crippen molar-refractivity contribution < 1.29 is 95.4 Å². The summed E-state index contributed by atoms with van der Waals surface area (Å²) in [6.07, 6.45) is -1.39. The van der Waals surface area contributed by atoms with E-state index in [1.54, 1.807) is 33.8 Å². The number of nitrogens with two attached hydrogens (primary N) is 1. The summed E-state index contributed by atoms with van der Waals surface area (Å²) in [6.45, 7) is 5.22. The van der Waals surface area contributed by atoms with E-state index < -0.39 is 133 Å². The van der Waals surface area contributed by atoms with Crippen LogP contribution in [0.3, 0.4) is 0 Å². The number of fused-ring (bicyclic) bond motifs is 8. The van der Waals surface area contributed by atoms with Gasteiger partial charge in [-0.2, -0.15) is 0 Å². The molecule has 10 amide bonds. The number of anilines is 1. The molecule has 5 atom stereocenters. The second-order valence-corrected chi connectivity index (χ2v) is 26.9. The number of benzene rings is 4. The molecule has 0 unspecified atom stereocenters. The van der Waals surface area contributed by atoms with Crippen molar-refractivity contribution in [2.75, 3.05) is 78.4 Å². The molecule has 6 aromatic rings. The average Bonchev–Trinajstić information content (AvgIpc) is 1.59. The third-order valence-electron chi connectivity index (χ3n) is 19.4. The Morgan fingerprint density at radius 2 is 1.44 bits per heavy atom. The standard InChI is InChI=1S/C76H89FN12O20/c1-6-76(102)53-32-59-67-50(35-89(59)71(97)52(53)38-107-72(76)98)65-55(22-21-45-42(4)54(77)33-58(86-67)64(45)65)84-62(92)39-106-40-82-61(91)34-81-75(101)108-36-43-17-19-44(20-18-43)83-68(94)56(16-11-26-79-73(78)99)87-70(96)66(41(2)3)88-69(95)57(23-24-63(93)103-5)85-60(90)25-28-104-30-31-105-29-27-80-74(100)109-37-51-48-14-9-7-12-46(48)47-13-8-10-15-49(47)51/h7-10,12-15,17-20,32-33,41,51,55-57,66,102H,6,11,16,21-31,34-40H2,1-5H3,(H,80,100)(H,81,101)(H,82,91)(H,83,94)(H,84,92)(H,85,90)(H,87,96)(H,88,95)(H3,78,79,99)/t55-,56-,57+,66-,76-/m0/s1. The Morgan fingerprint density at radius 1 is 0.743 bits per heavy atom. The van der Waals surface area contributed by atoms with Crippen LogP contribution in [0.2, 0.25) is 0 Å².